The highest BCUT2D eigenvalue weighted by Crippen LogP contribution is 2.63. The van der Waals surface area contributed by atoms with Crippen LogP contribution < -0.4 is 15.4 Å². The smallest absolute Gasteiger partial charge is 0.448 e. The van der Waals surface area contributed by atoms with Crippen molar-refractivity contribution in [1.82, 2.24) is 0 Å². The zero-order valence-electron chi connectivity index (χ0n) is 34.0. The van der Waals surface area contributed by atoms with Gasteiger partial charge in [-0.3, -0.25) is 10.6 Å². The van der Waals surface area contributed by atoms with Gasteiger partial charge in [-0.15, -0.1) is 0 Å². The molecule has 0 unspecified atom stereocenters. The normalized spacial score (nSPS) is 14.8. The molecule has 366 valence electrons. The first-order valence-corrected chi connectivity index (χ1v) is 19.5. The maximum absolute atomic E-state index is 15.2. The predicted octanol–water partition coefficient (Wildman–Crippen LogP) is 14.3. The highest BCUT2D eigenvalue weighted by Gasteiger charge is 2.94. The van der Waals surface area contributed by atoms with Crippen LogP contribution in [0.2, 0.25) is 0 Å². The molecule has 5 aromatic rings. The molecule has 69 heavy (non-hydrogen) atoms. The third-order valence-electron chi connectivity index (χ3n) is 11.1. The number of hydrogen-bond acceptors (Lipinski definition) is 5. The maximum Gasteiger partial charge on any atom is 0.460 e. The number of fused-ring (bicyclic) bond motifs is 6. The average molecular weight is 999 g/mol. The van der Waals surface area contributed by atoms with Crippen LogP contribution in [0.4, 0.5) is 95.6 Å². The zero-order chi connectivity index (χ0) is 50.7. The summed E-state index contributed by atoms with van der Waals surface area (Å²) in [7, 11) is 0. The van der Waals surface area contributed by atoms with Crippen LogP contribution in [0, 0.1) is 0 Å². The number of allylic oxidation sites excluding steroid dienone is 1. The molecule has 0 bridgehead atoms. The molecule has 0 aliphatic heterocycles. The second kappa shape index (κ2) is 17.5. The van der Waals surface area contributed by atoms with E-state index in [1.54, 1.807) is 97.1 Å². The lowest BCUT2D eigenvalue weighted by molar-refractivity contribution is -0.451. The van der Waals surface area contributed by atoms with Gasteiger partial charge in [-0.2, -0.15) is 74.6 Å². The van der Waals surface area contributed by atoms with Crippen LogP contribution in [-0.4, -0.2) is 67.1 Å². The van der Waals surface area contributed by atoms with E-state index in [2.05, 4.69) is 10.1 Å². The molecule has 7 nitrogen and oxygen atoms in total. The van der Waals surface area contributed by atoms with Gasteiger partial charge < -0.3 is 14.2 Å². The number of nitrogens with one attached hydrogen (secondary N) is 2. The van der Waals surface area contributed by atoms with Crippen LogP contribution in [-0.2, 0) is 9.47 Å². The van der Waals surface area contributed by atoms with Crippen molar-refractivity contribution in [3.63, 3.8) is 0 Å². The number of hydrogen-bond donors (Lipinski definition) is 2. The quantitative estimate of drug-likeness (QED) is 0.0855. The lowest BCUT2D eigenvalue weighted by atomic mass is 9.91. The van der Waals surface area contributed by atoms with Gasteiger partial charge in [0.1, 0.15) is 13.2 Å². The summed E-state index contributed by atoms with van der Waals surface area (Å²) in [6.07, 6.45) is -10.7. The first-order valence-electron chi connectivity index (χ1n) is 19.5. The van der Waals surface area contributed by atoms with Crippen molar-refractivity contribution < 1.29 is 98.4 Å². The third kappa shape index (κ3) is 8.29. The number of amides is 2. The van der Waals surface area contributed by atoms with E-state index in [-0.39, 0.29) is 6.61 Å². The Hall–Kier alpha value is -7.01. The molecule has 0 saturated heterocycles. The SMILES string of the molecule is O=C(Nc1ccc(NC(=O)OCC2c3ccccc3-c3ccccc32)c(OC(F)=C(F)C(F)(F)C(F)(F)C(F)(F)C(F)(F)C(F)(F)C(F)(F)C(F)(F)F)c1)OCC1c2ccccc2-c2ccccc21. The third-order valence-corrected chi connectivity index (χ3v) is 11.1. The van der Waals surface area contributed by atoms with Gasteiger partial charge in [-0.05, 0) is 56.6 Å². The summed E-state index contributed by atoms with van der Waals surface area (Å²) < 4.78 is 252. The molecule has 0 atom stereocenters. The summed E-state index contributed by atoms with van der Waals surface area (Å²) in [6.45, 7) is -0.797. The minimum absolute atomic E-state index is 0.339. The fourth-order valence-electron chi connectivity index (χ4n) is 7.65. The summed E-state index contributed by atoms with van der Waals surface area (Å²) in [5.74, 6) is -58.1. The molecular weight excluding hydrogens is 971 g/mol. The van der Waals surface area contributed by atoms with E-state index in [1.807, 2.05) is 5.32 Å². The first-order chi connectivity index (χ1) is 32.1. The van der Waals surface area contributed by atoms with Crippen LogP contribution in [0.15, 0.2) is 127 Å². The molecular formula is C45H27F17N2O5. The Kier molecular flexibility index (Phi) is 12.7. The lowest BCUT2D eigenvalue weighted by Crippen LogP contribution is -2.72. The van der Waals surface area contributed by atoms with Gasteiger partial charge in [0, 0.05) is 23.6 Å². The van der Waals surface area contributed by atoms with Gasteiger partial charge in [0.25, 0.3) is 0 Å². The molecule has 24 heteroatoms. The first kappa shape index (κ1) is 49.9. The lowest BCUT2D eigenvalue weighted by Gasteiger charge is -2.41. The minimum atomic E-state index is -8.79. The number of anilines is 2. The maximum atomic E-state index is 15.2. The molecule has 0 saturated carbocycles. The van der Waals surface area contributed by atoms with E-state index >= 15 is 4.39 Å². The number of rotatable bonds is 14. The van der Waals surface area contributed by atoms with Gasteiger partial charge >= 0.3 is 59.9 Å². The van der Waals surface area contributed by atoms with Gasteiger partial charge in [0.05, 0.1) is 5.69 Å². The average Bonchev–Trinajstić information content (AvgIpc) is 3.79. The van der Waals surface area contributed by atoms with Gasteiger partial charge in [0.15, 0.2) is 5.75 Å². The molecule has 2 aliphatic carbocycles. The van der Waals surface area contributed by atoms with Crippen molar-refractivity contribution in [2.75, 3.05) is 23.8 Å². The topological polar surface area (TPSA) is 85.9 Å². The van der Waals surface area contributed by atoms with Crippen molar-refractivity contribution in [3.8, 4) is 28.0 Å². The number of halogens is 17. The van der Waals surface area contributed by atoms with E-state index in [0.717, 1.165) is 39.4 Å². The highest BCUT2D eigenvalue weighted by molar-refractivity contribution is 5.90. The van der Waals surface area contributed by atoms with Crippen LogP contribution >= 0.6 is 0 Å². The van der Waals surface area contributed by atoms with E-state index in [0.29, 0.717) is 23.3 Å². The van der Waals surface area contributed by atoms with Gasteiger partial charge in [-0.1, -0.05) is 97.1 Å². The van der Waals surface area contributed by atoms with Gasteiger partial charge in [0.2, 0.25) is 5.83 Å². The molecule has 7 rings (SSSR count). The summed E-state index contributed by atoms with van der Waals surface area (Å²) in [5, 5.41) is 3.97. The highest BCUT2D eigenvalue weighted by atomic mass is 19.4. The van der Waals surface area contributed by atoms with Crippen LogP contribution in [0.5, 0.6) is 5.75 Å². The molecule has 0 fully saturated rings. The fourth-order valence-corrected chi connectivity index (χ4v) is 7.65. The number of ether oxygens (including phenoxy) is 3. The van der Waals surface area contributed by atoms with Crippen LogP contribution in [0.1, 0.15) is 34.1 Å². The van der Waals surface area contributed by atoms with E-state index in [4.69, 9.17) is 9.47 Å². The van der Waals surface area contributed by atoms with Crippen molar-refractivity contribution in [3.05, 3.63) is 149 Å². The fraction of sp³-hybridized carbons (Fsp3) is 0.244. The largest absolute Gasteiger partial charge is 0.460 e. The summed E-state index contributed by atoms with van der Waals surface area (Å²) >= 11 is 0. The molecule has 0 radical (unpaired) electrons. The molecule has 2 N–H and O–H groups in total. The van der Waals surface area contributed by atoms with Crippen molar-refractivity contribution in [2.24, 2.45) is 0 Å². The number of carbonyl (C=O) groups excluding carboxylic acids is 2. The predicted molar refractivity (Wildman–Crippen MR) is 209 cm³/mol. The number of alkyl halides is 15. The minimum Gasteiger partial charge on any atom is -0.448 e. The Morgan fingerprint density at radius 1 is 0.464 bits per heavy atom. The molecule has 0 heterocycles. The van der Waals surface area contributed by atoms with E-state index < -0.39 is 101 Å². The van der Waals surface area contributed by atoms with Crippen molar-refractivity contribution >= 4 is 23.6 Å². The second-order valence-electron chi connectivity index (χ2n) is 15.2. The second-order valence-corrected chi connectivity index (χ2v) is 15.2. The Balaban J connectivity index is 1.16. The Morgan fingerprint density at radius 2 is 0.826 bits per heavy atom. The van der Waals surface area contributed by atoms with Gasteiger partial charge in [-0.25, -0.2) is 9.59 Å². The Bertz CT molecular complexity index is 2740. The van der Waals surface area contributed by atoms with E-state index in [9.17, 15) is 79.8 Å². The monoisotopic (exact) mass is 998 g/mol. The molecule has 2 amide bonds. The molecule has 5 aromatic carbocycles. The molecule has 0 aromatic heterocycles. The summed E-state index contributed by atoms with van der Waals surface area (Å²) in [5.41, 5.74) is 4.37. The number of carbonyl (C=O) groups is 2. The number of benzene rings is 5. The molecule has 0 spiro atoms. The summed E-state index contributed by atoms with van der Waals surface area (Å²) in [6, 6.07) is 25.9. The standard InChI is InChI=1S/C45H27F17N2O5/c46-35(39(48,49)40(50,51)41(52,53)42(54,55)43(56,57)44(58,59)45(60,61)62)36(47)69-34-19-22(63-37(65)67-20-31-27-13-5-1-9-23(27)24-10-2-6-14-28(24)31)17-18-33(34)64-38(66)68-21-32-29-15-7-3-11-25(29)26-12-4-8-16-30(26)32/h1-19,31-32H,20-21H2,(H,63,65)(H,64,66). The van der Waals surface area contributed by atoms with Crippen molar-refractivity contribution in [1.29, 1.82) is 0 Å². The molecule has 2 aliphatic rings. The Morgan fingerprint density at radius 3 is 1.23 bits per heavy atom. The Labute approximate surface area is 376 Å². The zero-order valence-corrected chi connectivity index (χ0v) is 34.0. The van der Waals surface area contributed by atoms with Crippen molar-refractivity contribution in [2.45, 2.75) is 53.5 Å². The van der Waals surface area contributed by atoms with Crippen LogP contribution in [0.3, 0.4) is 0 Å². The summed E-state index contributed by atoms with van der Waals surface area (Å²) in [4.78, 5) is 26.1. The van der Waals surface area contributed by atoms with E-state index in [1.165, 1.54) is 0 Å². The van der Waals surface area contributed by atoms with Crippen LogP contribution in [0.25, 0.3) is 22.3 Å².